The lowest BCUT2D eigenvalue weighted by Gasteiger charge is -2.05. The standard InChI is InChI=1S/C17H17N3O2S/c1-11-5-6-13(8-12(11)2)9-15(21)18-10-16-19-17(20-22-16)14-4-3-7-23-14/h3-8H,9-10H2,1-2H3,(H,18,21). The van der Waals surface area contributed by atoms with E-state index in [1.807, 2.05) is 42.6 Å². The molecule has 2 aromatic heterocycles. The fourth-order valence-electron chi connectivity index (χ4n) is 2.17. The number of carbonyl (C=O) groups is 1. The molecule has 0 aliphatic carbocycles. The van der Waals surface area contributed by atoms with E-state index in [4.69, 9.17) is 4.52 Å². The largest absolute Gasteiger partial charge is 0.347 e. The highest BCUT2D eigenvalue weighted by molar-refractivity contribution is 7.13. The molecule has 3 aromatic rings. The molecule has 0 saturated heterocycles. The van der Waals surface area contributed by atoms with Crippen molar-refractivity contribution < 1.29 is 9.32 Å². The van der Waals surface area contributed by atoms with Gasteiger partial charge in [-0.15, -0.1) is 11.3 Å². The quantitative estimate of drug-likeness (QED) is 0.781. The van der Waals surface area contributed by atoms with Gasteiger partial charge in [-0.2, -0.15) is 4.98 Å². The van der Waals surface area contributed by atoms with Gasteiger partial charge in [-0.1, -0.05) is 29.4 Å². The molecule has 1 N–H and O–H groups in total. The number of rotatable bonds is 5. The molecule has 0 bridgehead atoms. The molecule has 5 nitrogen and oxygen atoms in total. The van der Waals surface area contributed by atoms with Crippen LogP contribution in [0.5, 0.6) is 0 Å². The lowest BCUT2D eigenvalue weighted by Crippen LogP contribution is -2.24. The Morgan fingerprint density at radius 1 is 1.26 bits per heavy atom. The summed E-state index contributed by atoms with van der Waals surface area (Å²) in [6.07, 6.45) is 0.340. The van der Waals surface area contributed by atoms with Gasteiger partial charge in [0.25, 0.3) is 0 Å². The molecule has 0 unspecified atom stereocenters. The Labute approximate surface area is 138 Å². The summed E-state index contributed by atoms with van der Waals surface area (Å²) in [5, 5.41) is 8.68. The number of hydrogen-bond donors (Lipinski definition) is 1. The molecule has 0 radical (unpaired) electrons. The van der Waals surface area contributed by atoms with Crippen molar-refractivity contribution in [3.63, 3.8) is 0 Å². The highest BCUT2D eigenvalue weighted by Gasteiger charge is 2.11. The van der Waals surface area contributed by atoms with Crippen molar-refractivity contribution in [2.75, 3.05) is 0 Å². The summed E-state index contributed by atoms with van der Waals surface area (Å²) >= 11 is 1.55. The third-order valence-electron chi connectivity index (χ3n) is 3.58. The van der Waals surface area contributed by atoms with E-state index < -0.39 is 0 Å². The second-order valence-corrected chi connectivity index (χ2v) is 6.31. The third kappa shape index (κ3) is 3.84. The predicted octanol–water partition coefficient (Wildman–Crippen LogP) is 3.27. The smallest absolute Gasteiger partial charge is 0.246 e. The first kappa shape index (κ1) is 15.4. The van der Waals surface area contributed by atoms with Crippen LogP contribution in [-0.4, -0.2) is 16.0 Å². The number of benzene rings is 1. The molecular formula is C17H17N3O2S. The highest BCUT2D eigenvalue weighted by Crippen LogP contribution is 2.21. The Kier molecular flexibility index (Phi) is 4.52. The Balaban J connectivity index is 1.55. The molecule has 0 spiro atoms. The number of hydrogen-bond acceptors (Lipinski definition) is 5. The van der Waals surface area contributed by atoms with E-state index in [1.54, 1.807) is 11.3 Å². The lowest BCUT2D eigenvalue weighted by molar-refractivity contribution is -0.120. The molecule has 2 heterocycles. The number of carbonyl (C=O) groups excluding carboxylic acids is 1. The summed E-state index contributed by atoms with van der Waals surface area (Å²) < 4.78 is 5.15. The van der Waals surface area contributed by atoms with E-state index >= 15 is 0 Å². The monoisotopic (exact) mass is 327 g/mol. The van der Waals surface area contributed by atoms with Crippen molar-refractivity contribution in [1.29, 1.82) is 0 Å². The minimum Gasteiger partial charge on any atom is -0.347 e. The van der Waals surface area contributed by atoms with Crippen LogP contribution < -0.4 is 5.32 Å². The van der Waals surface area contributed by atoms with Gasteiger partial charge in [0.1, 0.15) is 0 Å². The zero-order valence-corrected chi connectivity index (χ0v) is 13.8. The molecule has 0 aliphatic rings. The number of amides is 1. The fraction of sp³-hybridized carbons (Fsp3) is 0.235. The van der Waals surface area contributed by atoms with Crippen molar-refractivity contribution in [3.05, 3.63) is 58.3 Å². The summed E-state index contributed by atoms with van der Waals surface area (Å²) in [6, 6.07) is 9.91. The number of aryl methyl sites for hydroxylation is 2. The zero-order chi connectivity index (χ0) is 16.2. The van der Waals surface area contributed by atoms with Crippen LogP contribution in [0.3, 0.4) is 0 Å². The fourth-order valence-corrected chi connectivity index (χ4v) is 2.82. The first-order valence-corrected chi connectivity index (χ1v) is 8.19. The van der Waals surface area contributed by atoms with Gasteiger partial charge in [-0.25, -0.2) is 0 Å². The van der Waals surface area contributed by atoms with Crippen molar-refractivity contribution in [2.24, 2.45) is 0 Å². The second kappa shape index (κ2) is 6.75. The van der Waals surface area contributed by atoms with Gasteiger partial charge in [0, 0.05) is 0 Å². The molecule has 0 aliphatic heterocycles. The van der Waals surface area contributed by atoms with Gasteiger partial charge >= 0.3 is 0 Å². The van der Waals surface area contributed by atoms with Crippen LogP contribution in [0.15, 0.2) is 40.2 Å². The Hall–Kier alpha value is -2.47. The maximum absolute atomic E-state index is 12.0. The Bertz CT molecular complexity index is 809. The van der Waals surface area contributed by atoms with Crippen LogP contribution in [0.4, 0.5) is 0 Å². The molecule has 0 atom stereocenters. The van der Waals surface area contributed by atoms with Crippen molar-refractivity contribution in [3.8, 4) is 10.7 Å². The van der Waals surface area contributed by atoms with Crippen LogP contribution in [0.1, 0.15) is 22.6 Å². The van der Waals surface area contributed by atoms with E-state index in [-0.39, 0.29) is 12.5 Å². The topological polar surface area (TPSA) is 68.0 Å². The first-order valence-electron chi connectivity index (χ1n) is 7.31. The molecule has 6 heteroatoms. The molecule has 118 valence electrons. The number of nitrogens with zero attached hydrogens (tertiary/aromatic N) is 2. The highest BCUT2D eigenvalue weighted by atomic mass is 32.1. The van der Waals surface area contributed by atoms with Gasteiger partial charge < -0.3 is 9.84 Å². The zero-order valence-electron chi connectivity index (χ0n) is 13.0. The van der Waals surface area contributed by atoms with Crippen molar-refractivity contribution in [2.45, 2.75) is 26.8 Å². The lowest BCUT2D eigenvalue weighted by atomic mass is 10.0. The Morgan fingerprint density at radius 3 is 2.87 bits per heavy atom. The van der Waals surface area contributed by atoms with Gasteiger partial charge in [0.2, 0.25) is 17.6 Å². The average molecular weight is 327 g/mol. The SMILES string of the molecule is Cc1ccc(CC(=O)NCc2nc(-c3cccs3)no2)cc1C. The van der Waals surface area contributed by atoms with E-state index in [0.717, 1.165) is 10.4 Å². The summed E-state index contributed by atoms with van der Waals surface area (Å²) in [5.41, 5.74) is 3.41. The maximum atomic E-state index is 12.0. The first-order chi connectivity index (χ1) is 11.1. The van der Waals surface area contributed by atoms with E-state index in [1.165, 1.54) is 11.1 Å². The third-order valence-corrected chi connectivity index (χ3v) is 4.45. The average Bonchev–Trinajstić information content (AvgIpc) is 3.19. The molecule has 23 heavy (non-hydrogen) atoms. The summed E-state index contributed by atoms with van der Waals surface area (Å²) in [5.74, 6) is 0.893. The van der Waals surface area contributed by atoms with Gasteiger partial charge in [-0.05, 0) is 42.0 Å². The minimum absolute atomic E-state index is 0.0656. The van der Waals surface area contributed by atoms with Crippen LogP contribution >= 0.6 is 11.3 Å². The van der Waals surface area contributed by atoms with Gasteiger partial charge in [0.15, 0.2) is 0 Å². The van der Waals surface area contributed by atoms with Crippen LogP contribution in [-0.2, 0) is 17.8 Å². The molecule has 0 saturated carbocycles. The molecule has 1 amide bonds. The Morgan fingerprint density at radius 2 is 2.13 bits per heavy atom. The summed E-state index contributed by atoms with van der Waals surface area (Å²) in [7, 11) is 0. The van der Waals surface area contributed by atoms with Gasteiger partial charge in [0.05, 0.1) is 17.8 Å². The number of aromatic nitrogens is 2. The molecule has 3 rings (SSSR count). The molecular weight excluding hydrogens is 310 g/mol. The summed E-state index contributed by atoms with van der Waals surface area (Å²) in [6.45, 7) is 4.34. The van der Waals surface area contributed by atoms with E-state index in [0.29, 0.717) is 18.1 Å². The molecule has 0 fully saturated rings. The number of thiophene rings is 1. The van der Waals surface area contributed by atoms with Crippen molar-refractivity contribution in [1.82, 2.24) is 15.5 Å². The maximum Gasteiger partial charge on any atom is 0.246 e. The summed E-state index contributed by atoms with van der Waals surface area (Å²) in [4.78, 5) is 17.2. The minimum atomic E-state index is -0.0656. The molecule has 1 aromatic carbocycles. The normalized spacial score (nSPS) is 10.7. The van der Waals surface area contributed by atoms with Gasteiger partial charge in [-0.3, -0.25) is 4.79 Å². The van der Waals surface area contributed by atoms with E-state index in [2.05, 4.69) is 22.4 Å². The van der Waals surface area contributed by atoms with Crippen LogP contribution in [0, 0.1) is 13.8 Å². The van der Waals surface area contributed by atoms with Crippen LogP contribution in [0.2, 0.25) is 0 Å². The van der Waals surface area contributed by atoms with Crippen molar-refractivity contribution >= 4 is 17.2 Å². The van der Waals surface area contributed by atoms with Crippen LogP contribution in [0.25, 0.3) is 10.7 Å². The second-order valence-electron chi connectivity index (χ2n) is 5.36. The van der Waals surface area contributed by atoms with E-state index in [9.17, 15) is 4.79 Å². The number of nitrogens with one attached hydrogen (secondary N) is 1. The predicted molar refractivity (Wildman–Crippen MR) is 89.1 cm³/mol.